The number of rotatable bonds is 7. The van der Waals surface area contributed by atoms with Gasteiger partial charge in [-0.2, -0.15) is 0 Å². The topological polar surface area (TPSA) is 79.7 Å². The lowest BCUT2D eigenvalue weighted by molar-refractivity contribution is 0.0830. The van der Waals surface area contributed by atoms with E-state index in [0.717, 1.165) is 41.6 Å². The van der Waals surface area contributed by atoms with Gasteiger partial charge in [-0.05, 0) is 73.0 Å². The number of hydrogen-bond donors (Lipinski definition) is 1. The maximum Gasteiger partial charge on any atom is 0.252 e. The molecule has 1 N–H and O–H groups in total. The van der Waals surface area contributed by atoms with Gasteiger partial charge >= 0.3 is 0 Å². The summed E-state index contributed by atoms with van der Waals surface area (Å²) in [7, 11) is 0. The average Bonchev–Trinajstić information content (AvgIpc) is 3.52. The molecule has 3 aromatic rings. The molecule has 0 saturated heterocycles. The van der Waals surface area contributed by atoms with Crippen LogP contribution in [0.3, 0.4) is 0 Å². The van der Waals surface area contributed by atoms with Gasteiger partial charge in [0.2, 0.25) is 0 Å². The monoisotopic (exact) mass is 448 g/mol. The summed E-state index contributed by atoms with van der Waals surface area (Å²) >= 11 is 0. The van der Waals surface area contributed by atoms with Gasteiger partial charge < -0.3 is 4.98 Å². The third-order valence-corrected chi connectivity index (χ3v) is 7.75. The molecule has 33 heavy (non-hydrogen) atoms. The average molecular weight is 449 g/mol. The Bertz CT molecular complexity index is 1140. The van der Waals surface area contributed by atoms with Crippen LogP contribution in [0.4, 0.5) is 0 Å². The molecule has 0 bridgehead atoms. The van der Waals surface area contributed by atoms with Gasteiger partial charge in [-0.1, -0.05) is 50.7 Å². The van der Waals surface area contributed by atoms with E-state index in [9.17, 15) is 4.79 Å². The van der Waals surface area contributed by atoms with E-state index < -0.39 is 0 Å². The van der Waals surface area contributed by atoms with Gasteiger partial charge in [0.1, 0.15) is 0 Å². The zero-order chi connectivity index (χ0) is 22.8. The molecule has 0 spiro atoms. The van der Waals surface area contributed by atoms with Gasteiger partial charge in [0, 0.05) is 23.7 Å². The maximum atomic E-state index is 13.1. The summed E-state index contributed by atoms with van der Waals surface area (Å²) in [5.41, 5.74) is 2.94. The molecule has 1 atom stereocenters. The summed E-state index contributed by atoms with van der Waals surface area (Å²) in [5.74, 6) is 0.975. The first-order valence-electron chi connectivity index (χ1n) is 12.8. The van der Waals surface area contributed by atoms with E-state index >= 15 is 0 Å². The molecule has 7 nitrogen and oxygen atoms in total. The molecule has 176 valence electrons. The summed E-state index contributed by atoms with van der Waals surface area (Å²) in [6.07, 6.45) is 11.9. The van der Waals surface area contributed by atoms with Crippen LogP contribution < -0.4 is 5.56 Å². The minimum Gasteiger partial charge on any atom is -0.322 e. The van der Waals surface area contributed by atoms with Crippen LogP contribution in [0.15, 0.2) is 29.1 Å². The largest absolute Gasteiger partial charge is 0.322 e. The highest BCUT2D eigenvalue weighted by atomic mass is 16.1. The number of nitrogens with zero attached hydrogens (tertiary/aromatic N) is 5. The van der Waals surface area contributed by atoms with Crippen LogP contribution in [0.25, 0.3) is 10.9 Å². The molecule has 1 unspecified atom stereocenters. The molecule has 2 aliphatic rings. The summed E-state index contributed by atoms with van der Waals surface area (Å²) in [6.45, 7) is 4.94. The number of pyridine rings is 1. The second-order valence-electron chi connectivity index (χ2n) is 10.0. The van der Waals surface area contributed by atoms with E-state index in [1.54, 1.807) is 0 Å². The first-order valence-corrected chi connectivity index (χ1v) is 12.8. The molecule has 1 aromatic carbocycles. The Hall–Kier alpha value is -2.54. The number of benzene rings is 1. The van der Waals surface area contributed by atoms with Gasteiger partial charge in [0.25, 0.3) is 5.56 Å². The van der Waals surface area contributed by atoms with Crippen LogP contribution in [0, 0.1) is 6.92 Å². The van der Waals surface area contributed by atoms with E-state index in [0.29, 0.717) is 18.6 Å². The molecular formula is C26H36N6O. The van der Waals surface area contributed by atoms with Crippen LogP contribution in [0.2, 0.25) is 0 Å². The van der Waals surface area contributed by atoms with Gasteiger partial charge in [-0.15, -0.1) is 5.10 Å². The van der Waals surface area contributed by atoms with Crippen molar-refractivity contribution in [3.05, 3.63) is 51.6 Å². The van der Waals surface area contributed by atoms with Gasteiger partial charge in [0.15, 0.2) is 5.82 Å². The molecule has 2 fully saturated rings. The summed E-state index contributed by atoms with van der Waals surface area (Å²) in [4.78, 5) is 18.7. The zero-order valence-corrected chi connectivity index (χ0v) is 20.0. The van der Waals surface area contributed by atoms with E-state index in [4.69, 9.17) is 0 Å². The quantitative estimate of drug-likeness (QED) is 0.536. The molecule has 2 aromatic heterocycles. The number of hydrogen-bond acceptors (Lipinski definition) is 5. The lowest BCUT2D eigenvalue weighted by Crippen LogP contribution is -2.41. The Morgan fingerprint density at radius 3 is 2.61 bits per heavy atom. The lowest BCUT2D eigenvalue weighted by Gasteiger charge is -2.39. The lowest BCUT2D eigenvalue weighted by atomic mass is 9.92. The predicted molar refractivity (Wildman–Crippen MR) is 130 cm³/mol. The van der Waals surface area contributed by atoms with Crippen molar-refractivity contribution >= 4 is 10.9 Å². The Morgan fingerprint density at radius 2 is 1.85 bits per heavy atom. The Kier molecular flexibility index (Phi) is 6.58. The number of nitrogens with one attached hydrogen (secondary N) is 1. The van der Waals surface area contributed by atoms with E-state index in [2.05, 4.69) is 56.1 Å². The summed E-state index contributed by atoms with van der Waals surface area (Å²) in [6, 6.07) is 9.24. The van der Waals surface area contributed by atoms with Crippen molar-refractivity contribution in [3.8, 4) is 0 Å². The molecule has 0 radical (unpaired) electrons. The molecule has 5 rings (SSSR count). The van der Waals surface area contributed by atoms with E-state index in [-0.39, 0.29) is 11.6 Å². The van der Waals surface area contributed by atoms with Crippen molar-refractivity contribution in [1.82, 2.24) is 30.1 Å². The number of fused-ring (bicyclic) bond motifs is 1. The van der Waals surface area contributed by atoms with Crippen molar-refractivity contribution in [1.29, 1.82) is 0 Å². The zero-order valence-electron chi connectivity index (χ0n) is 20.0. The summed E-state index contributed by atoms with van der Waals surface area (Å²) < 4.78 is 2.10. The molecule has 2 aliphatic carbocycles. The highest BCUT2D eigenvalue weighted by Crippen LogP contribution is 2.36. The Morgan fingerprint density at radius 1 is 1.09 bits per heavy atom. The smallest absolute Gasteiger partial charge is 0.252 e. The first-order chi connectivity index (χ1) is 16.1. The molecule has 7 heteroatoms. The Balaban J connectivity index is 1.52. The highest BCUT2D eigenvalue weighted by Gasteiger charge is 2.33. The predicted octanol–water partition coefficient (Wildman–Crippen LogP) is 5.22. The summed E-state index contributed by atoms with van der Waals surface area (Å²) in [5, 5.41) is 14.2. The van der Waals surface area contributed by atoms with Crippen LogP contribution in [0.5, 0.6) is 0 Å². The first kappa shape index (κ1) is 22.3. The third kappa shape index (κ3) is 4.60. The Labute approximate surface area is 195 Å². The minimum atomic E-state index is 0.0115. The number of aryl methyl sites for hydroxylation is 1. The SMILES string of the molecule is CCC(c1nnnn1C1CCCC1)N(Cc1cc2cc(C)ccc2[nH]c1=O)C1CCCCC1. The van der Waals surface area contributed by atoms with Crippen molar-refractivity contribution in [2.75, 3.05) is 0 Å². The van der Waals surface area contributed by atoms with E-state index in [1.165, 1.54) is 50.5 Å². The fourth-order valence-electron chi connectivity index (χ4n) is 5.99. The van der Waals surface area contributed by atoms with Crippen LogP contribution in [-0.4, -0.2) is 36.1 Å². The van der Waals surface area contributed by atoms with Crippen molar-refractivity contribution in [3.63, 3.8) is 0 Å². The minimum absolute atomic E-state index is 0.0115. The van der Waals surface area contributed by atoms with Gasteiger partial charge in [-0.3, -0.25) is 9.69 Å². The van der Waals surface area contributed by atoms with Crippen molar-refractivity contribution in [2.24, 2.45) is 0 Å². The van der Waals surface area contributed by atoms with Crippen LogP contribution in [0.1, 0.15) is 100 Å². The number of aromatic amines is 1. The van der Waals surface area contributed by atoms with Gasteiger partial charge in [-0.25, -0.2) is 4.68 Å². The molecule has 2 saturated carbocycles. The number of H-pyrrole nitrogens is 1. The number of aromatic nitrogens is 5. The van der Waals surface area contributed by atoms with Crippen LogP contribution in [-0.2, 0) is 6.54 Å². The molecule has 0 aliphatic heterocycles. The fourth-order valence-corrected chi connectivity index (χ4v) is 5.99. The normalized spacial score (nSPS) is 19.0. The standard InChI is InChI=1S/C26H36N6O/c1-3-24(25-28-29-30-32(25)22-11-7-8-12-22)31(21-9-5-4-6-10-21)17-20-16-19-15-18(2)13-14-23(19)27-26(20)33/h13-16,21-22,24H,3-12,17H2,1-2H3,(H,27,33). The van der Waals surface area contributed by atoms with Crippen molar-refractivity contribution < 1.29 is 0 Å². The van der Waals surface area contributed by atoms with Gasteiger partial charge in [0.05, 0.1) is 12.1 Å². The highest BCUT2D eigenvalue weighted by molar-refractivity contribution is 5.79. The molecular weight excluding hydrogens is 412 g/mol. The second kappa shape index (κ2) is 9.75. The molecule has 2 heterocycles. The van der Waals surface area contributed by atoms with E-state index in [1.807, 2.05) is 12.1 Å². The fraction of sp³-hybridized carbons (Fsp3) is 0.615. The van der Waals surface area contributed by atoms with Crippen molar-refractivity contribution in [2.45, 2.75) is 103 Å². The third-order valence-electron chi connectivity index (χ3n) is 7.75. The number of tetrazole rings is 1. The molecule has 0 amide bonds. The van der Waals surface area contributed by atoms with Crippen LogP contribution >= 0.6 is 0 Å². The maximum absolute atomic E-state index is 13.1. The second-order valence-corrected chi connectivity index (χ2v) is 10.0.